The lowest BCUT2D eigenvalue weighted by Gasteiger charge is -2.22. The van der Waals surface area contributed by atoms with Crippen molar-refractivity contribution in [3.8, 4) is 0 Å². The number of nitrogens with zero attached hydrogens (tertiary/aromatic N) is 1. The van der Waals surface area contributed by atoms with Crippen LogP contribution in [0.4, 0.5) is 0 Å². The molecule has 0 radical (unpaired) electrons. The minimum atomic E-state index is 0.00806. The predicted molar refractivity (Wildman–Crippen MR) is 48.7 cm³/mol. The van der Waals surface area contributed by atoms with E-state index in [1.807, 2.05) is 24.3 Å². The molecule has 0 atom stereocenters. The van der Waals surface area contributed by atoms with Crippen molar-refractivity contribution in [2.45, 2.75) is 6.54 Å². The van der Waals surface area contributed by atoms with Crippen molar-refractivity contribution in [1.82, 2.24) is 4.90 Å². The van der Waals surface area contributed by atoms with E-state index in [9.17, 15) is 9.90 Å². The molecule has 0 saturated heterocycles. The Labute approximate surface area is 75.9 Å². The Morgan fingerprint density at radius 1 is 1.38 bits per heavy atom. The van der Waals surface area contributed by atoms with E-state index < -0.39 is 0 Å². The minimum Gasteiger partial charge on any atom is -0.494 e. The second kappa shape index (κ2) is 2.94. The van der Waals surface area contributed by atoms with Crippen LogP contribution in [0.15, 0.2) is 30.1 Å². The van der Waals surface area contributed by atoms with E-state index in [0.717, 1.165) is 11.1 Å². The van der Waals surface area contributed by atoms with E-state index in [0.29, 0.717) is 13.0 Å². The quantitative estimate of drug-likeness (QED) is 0.657. The molecule has 1 heterocycles. The van der Waals surface area contributed by atoms with Gasteiger partial charge in [0.15, 0.2) is 5.88 Å². The fourth-order valence-corrected chi connectivity index (χ4v) is 1.40. The average molecular weight is 175 g/mol. The maximum Gasteiger partial charge on any atom is 0.216 e. The molecule has 0 unspecified atom stereocenters. The second-order valence-corrected chi connectivity index (χ2v) is 2.93. The molecule has 2 rings (SSSR count). The molecule has 1 aliphatic rings. The van der Waals surface area contributed by atoms with Crippen LogP contribution in [-0.2, 0) is 11.3 Å². The first-order chi connectivity index (χ1) is 6.31. The number of carbonyl (C=O) groups excluding carboxylic acids is 1. The highest BCUT2D eigenvalue weighted by molar-refractivity contribution is 5.63. The largest absolute Gasteiger partial charge is 0.494 e. The summed E-state index contributed by atoms with van der Waals surface area (Å²) in [5.41, 5.74) is 2.02. The van der Waals surface area contributed by atoms with Gasteiger partial charge in [-0.2, -0.15) is 0 Å². The molecule has 0 bridgehead atoms. The molecular formula is C10H9NO2. The number of hydrogen-bond acceptors (Lipinski definition) is 2. The lowest BCUT2D eigenvalue weighted by Crippen LogP contribution is -2.23. The van der Waals surface area contributed by atoms with Crippen molar-refractivity contribution in [3.63, 3.8) is 0 Å². The normalized spacial score (nSPS) is 14.8. The summed E-state index contributed by atoms with van der Waals surface area (Å²) in [5, 5.41) is 9.37. The predicted octanol–water partition coefficient (Wildman–Crippen LogP) is 1.51. The van der Waals surface area contributed by atoms with Gasteiger partial charge in [0.1, 0.15) is 0 Å². The average Bonchev–Trinajstić information content (AvgIpc) is 2.17. The number of rotatable bonds is 1. The van der Waals surface area contributed by atoms with Crippen LogP contribution in [0.25, 0.3) is 6.08 Å². The number of aliphatic hydroxyl groups is 1. The van der Waals surface area contributed by atoms with Crippen LogP contribution in [0, 0.1) is 0 Å². The lowest BCUT2D eigenvalue weighted by atomic mass is 10.0. The Hall–Kier alpha value is -1.77. The van der Waals surface area contributed by atoms with Crippen molar-refractivity contribution in [1.29, 1.82) is 0 Å². The number of hydrogen-bond donors (Lipinski definition) is 1. The maximum atomic E-state index is 10.5. The Bertz CT molecular complexity index is 371. The first-order valence-corrected chi connectivity index (χ1v) is 4.02. The van der Waals surface area contributed by atoms with Crippen molar-refractivity contribution in [3.05, 3.63) is 41.3 Å². The zero-order valence-corrected chi connectivity index (χ0v) is 6.97. The van der Waals surface area contributed by atoms with Crippen LogP contribution in [0.5, 0.6) is 0 Å². The monoisotopic (exact) mass is 175 g/mol. The summed E-state index contributed by atoms with van der Waals surface area (Å²) in [6, 6.07) is 7.67. The topological polar surface area (TPSA) is 40.5 Å². The molecule has 1 N–H and O–H groups in total. The molecule has 0 aromatic heterocycles. The van der Waals surface area contributed by atoms with Gasteiger partial charge in [0.2, 0.25) is 6.41 Å². The van der Waals surface area contributed by atoms with Gasteiger partial charge in [-0.3, -0.25) is 9.69 Å². The summed E-state index contributed by atoms with van der Waals surface area (Å²) < 4.78 is 0. The molecule has 3 heteroatoms. The Morgan fingerprint density at radius 3 is 2.92 bits per heavy atom. The fraction of sp³-hybridized carbons (Fsp3) is 0.100. The van der Waals surface area contributed by atoms with Crippen LogP contribution < -0.4 is 0 Å². The van der Waals surface area contributed by atoms with Crippen molar-refractivity contribution in [2.75, 3.05) is 0 Å². The summed E-state index contributed by atoms with van der Waals surface area (Å²) >= 11 is 0. The fourth-order valence-electron chi connectivity index (χ4n) is 1.40. The van der Waals surface area contributed by atoms with E-state index >= 15 is 0 Å². The first kappa shape index (κ1) is 7.86. The van der Waals surface area contributed by atoms with Gasteiger partial charge < -0.3 is 5.11 Å². The van der Waals surface area contributed by atoms with Gasteiger partial charge in [0.25, 0.3) is 0 Å². The van der Waals surface area contributed by atoms with Crippen molar-refractivity contribution >= 4 is 12.5 Å². The van der Waals surface area contributed by atoms with Gasteiger partial charge in [0, 0.05) is 6.08 Å². The molecule has 1 aliphatic heterocycles. The van der Waals surface area contributed by atoms with Crippen molar-refractivity contribution in [2.24, 2.45) is 0 Å². The third-order valence-electron chi connectivity index (χ3n) is 2.10. The highest BCUT2D eigenvalue weighted by Crippen LogP contribution is 2.21. The summed E-state index contributed by atoms with van der Waals surface area (Å²) in [7, 11) is 0. The highest BCUT2D eigenvalue weighted by Gasteiger charge is 2.15. The summed E-state index contributed by atoms with van der Waals surface area (Å²) in [5.74, 6) is 0.00806. The molecule has 1 amide bonds. The van der Waals surface area contributed by atoms with Gasteiger partial charge in [-0.25, -0.2) is 0 Å². The van der Waals surface area contributed by atoms with E-state index in [1.165, 1.54) is 4.90 Å². The zero-order chi connectivity index (χ0) is 9.26. The van der Waals surface area contributed by atoms with Gasteiger partial charge >= 0.3 is 0 Å². The molecule has 1 aromatic rings. The summed E-state index contributed by atoms with van der Waals surface area (Å²) in [6.07, 6.45) is 2.22. The van der Waals surface area contributed by atoms with E-state index in [2.05, 4.69) is 0 Å². The zero-order valence-electron chi connectivity index (χ0n) is 6.97. The van der Waals surface area contributed by atoms with Crippen molar-refractivity contribution < 1.29 is 9.90 Å². The number of aliphatic hydroxyl groups excluding tert-OH is 1. The number of benzene rings is 1. The van der Waals surface area contributed by atoms with Gasteiger partial charge in [-0.15, -0.1) is 0 Å². The Morgan fingerprint density at radius 2 is 2.15 bits per heavy atom. The Kier molecular flexibility index (Phi) is 1.77. The van der Waals surface area contributed by atoms with Crippen LogP contribution in [-0.4, -0.2) is 16.4 Å². The molecule has 3 nitrogen and oxygen atoms in total. The minimum absolute atomic E-state index is 0.00806. The molecular weight excluding hydrogens is 166 g/mol. The van der Waals surface area contributed by atoms with E-state index in [4.69, 9.17) is 0 Å². The number of fused-ring (bicyclic) bond motifs is 1. The standard InChI is InChI=1S/C10H9NO2/c12-7-11-6-9-4-2-1-3-8(9)5-10(11)13/h1-5,7,13H,6H2. The third-order valence-corrected chi connectivity index (χ3v) is 2.10. The SMILES string of the molecule is O=CN1Cc2ccccc2C=C1O. The molecule has 13 heavy (non-hydrogen) atoms. The molecule has 0 aliphatic carbocycles. The maximum absolute atomic E-state index is 10.5. The van der Waals surface area contributed by atoms with Crippen LogP contribution in [0.2, 0.25) is 0 Å². The molecule has 0 fully saturated rings. The van der Waals surface area contributed by atoms with Gasteiger partial charge in [-0.1, -0.05) is 24.3 Å². The van der Waals surface area contributed by atoms with Gasteiger partial charge in [-0.05, 0) is 11.1 Å². The van der Waals surface area contributed by atoms with E-state index in [1.54, 1.807) is 6.08 Å². The summed E-state index contributed by atoms with van der Waals surface area (Å²) in [6.45, 7) is 0.446. The van der Waals surface area contributed by atoms with Crippen LogP contribution in [0.1, 0.15) is 11.1 Å². The van der Waals surface area contributed by atoms with Crippen LogP contribution in [0.3, 0.4) is 0 Å². The number of amides is 1. The lowest BCUT2D eigenvalue weighted by molar-refractivity contribution is -0.118. The Balaban J connectivity index is 2.46. The summed E-state index contributed by atoms with van der Waals surface area (Å²) in [4.78, 5) is 11.8. The molecule has 66 valence electrons. The molecule has 1 aromatic carbocycles. The van der Waals surface area contributed by atoms with Crippen LogP contribution >= 0.6 is 0 Å². The first-order valence-electron chi connectivity index (χ1n) is 4.02. The van der Waals surface area contributed by atoms with E-state index in [-0.39, 0.29) is 5.88 Å². The molecule has 0 saturated carbocycles. The highest BCUT2D eigenvalue weighted by atomic mass is 16.3. The second-order valence-electron chi connectivity index (χ2n) is 2.93. The molecule has 0 spiro atoms. The third kappa shape index (κ3) is 1.28. The van der Waals surface area contributed by atoms with Gasteiger partial charge in [0.05, 0.1) is 6.54 Å². The number of carbonyl (C=O) groups is 1. The smallest absolute Gasteiger partial charge is 0.216 e.